The van der Waals surface area contributed by atoms with E-state index in [9.17, 15) is 8.42 Å². The number of benzene rings is 1. The van der Waals surface area contributed by atoms with E-state index < -0.39 is 10.0 Å². The monoisotopic (exact) mass is 320 g/mol. The topological polar surface area (TPSA) is 67.2 Å². The number of nitrogens with one attached hydrogen (secondary N) is 1. The van der Waals surface area contributed by atoms with Crippen LogP contribution in [0.5, 0.6) is 0 Å². The van der Waals surface area contributed by atoms with Gasteiger partial charge >= 0.3 is 0 Å². The first-order valence-corrected chi connectivity index (χ1v) is 8.77. The fourth-order valence-corrected chi connectivity index (χ4v) is 4.61. The second-order valence-corrected chi connectivity index (χ2v) is 7.43. The fraction of sp³-hybridized carbons (Fsp3) is 0.400. The Balaban J connectivity index is 2.04. The van der Waals surface area contributed by atoms with Crippen molar-refractivity contribution in [3.63, 3.8) is 0 Å². The largest absolute Gasteiger partial charge is 0.314 e. The van der Waals surface area contributed by atoms with E-state index in [1.54, 1.807) is 27.4 Å². The van der Waals surface area contributed by atoms with Gasteiger partial charge < -0.3 is 5.32 Å². The average molecular weight is 320 g/mol. The van der Waals surface area contributed by atoms with E-state index in [1.165, 1.54) is 0 Å². The third-order valence-corrected chi connectivity index (χ3v) is 6.12. The minimum Gasteiger partial charge on any atom is -0.314 e. The molecule has 22 heavy (non-hydrogen) atoms. The molecule has 7 heteroatoms. The van der Waals surface area contributed by atoms with Gasteiger partial charge in [-0.05, 0) is 37.6 Å². The number of aryl methyl sites for hydroxylation is 1. The first-order chi connectivity index (χ1) is 10.5. The van der Waals surface area contributed by atoms with Gasteiger partial charge in [-0.3, -0.25) is 0 Å². The van der Waals surface area contributed by atoms with Gasteiger partial charge in [-0.25, -0.2) is 13.1 Å². The molecule has 1 fully saturated rings. The van der Waals surface area contributed by atoms with Crippen LogP contribution in [0.3, 0.4) is 0 Å². The maximum absolute atomic E-state index is 13.0. The molecule has 0 unspecified atom stereocenters. The highest BCUT2D eigenvalue weighted by Crippen LogP contribution is 2.24. The Morgan fingerprint density at radius 3 is 2.86 bits per heavy atom. The number of hydrogen-bond donors (Lipinski definition) is 1. The molecule has 6 nitrogen and oxygen atoms in total. The summed E-state index contributed by atoms with van der Waals surface area (Å²) in [7, 11) is -3.50. The highest BCUT2D eigenvalue weighted by atomic mass is 32.2. The van der Waals surface area contributed by atoms with Gasteiger partial charge in [0.15, 0.2) is 0 Å². The van der Waals surface area contributed by atoms with Crippen molar-refractivity contribution >= 4 is 10.0 Å². The molecule has 118 valence electrons. The molecule has 1 saturated heterocycles. The second kappa shape index (κ2) is 5.83. The van der Waals surface area contributed by atoms with E-state index in [0.29, 0.717) is 24.5 Å². The van der Waals surface area contributed by atoms with E-state index in [4.69, 9.17) is 0 Å². The average Bonchev–Trinajstić information content (AvgIpc) is 3.02. The first kappa shape index (κ1) is 15.2. The van der Waals surface area contributed by atoms with Gasteiger partial charge in [0.25, 0.3) is 0 Å². The molecule has 0 spiro atoms. The Morgan fingerprint density at radius 1 is 1.36 bits per heavy atom. The van der Waals surface area contributed by atoms with Crippen molar-refractivity contribution in [3.8, 4) is 5.69 Å². The predicted molar refractivity (Wildman–Crippen MR) is 84.5 cm³/mol. The summed E-state index contributed by atoms with van der Waals surface area (Å²) in [4.78, 5) is 0.356. The third kappa shape index (κ3) is 2.67. The molecule has 3 rings (SSSR count). The van der Waals surface area contributed by atoms with Gasteiger partial charge in [0, 0.05) is 38.1 Å². The maximum Gasteiger partial charge on any atom is 0.243 e. The van der Waals surface area contributed by atoms with E-state index in [0.717, 1.165) is 11.3 Å². The molecule has 1 aromatic carbocycles. The van der Waals surface area contributed by atoms with Crippen LogP contribution in [-0.4, -0.2) is 48.2 Å². The quantitative estimate of drug-likeness (QED) is 0.922. The van der Waals surface area contributed by atoms with E-state index in [-0.39, 0.29) is 6.04 Å². The zero-order valence-electron chi connectivity index (χ0n) is 12.7. The number of hydrogen-bond acceptors (Lipinski definition) is 4. The van der Waals surface area contributed by atoms with Crippen molar-refractivity contribution in [1.82, 2.24) is 19.4 Å². The molecule has 2 aromatic rings. The zero-order valence-corrected chi connectivity index (χ0v) is 13.5. The van der Waals surface area contributed by atoms with Crippen LogP contribution < -0.4 is 5.32 Å². The van der Waals surface area contributed by atoms with Gasteiger partial charge in [-0.2, -0.15) is 9.40 Å². The summed E-state index contributed by atoms with van der Waals surface area (Å²) in [6.45, 7) is 5.61. The SMILES string of the molecule is Cc1ccc(-n2cccn2)cc1S(=O)(=O)N1CCNC[C@H]1C. The Morgan fingerprint density at radius 2 is 2.18 bits per heavy atom. The van der Waals surface area contributed by atoms with Crippen LogP contribution in [0.4, 0.5) is 0 Å². The standard InChI is InChI=1S/C15H20N4O2S/c1-12-4-5-14(18-8-3-6-17-18)10-15(12)22(20,21)19-9-7-16-11-13(19)2/h3-6,8,10,13,16H,7,9,11H2,1-2H3/t13-/m1/s1. The van der Waals surface area contributed by atoms with Crippen molar-refractivity contribution in [2.24, 2.45) is 0 Å². The molecule has 1 aliphatic rings. The van der Waals surface area contributed by atoms with Crippen LogP contribution in [0, 0.1) is 6.92 Å². The Hall–Kier alpha value is -1.70. The molecule has 0 amide bonds. The van der Waals surface area contributed by atoms with Crippen molar-refractivity contribution in [3.05, 3.63) is 42.2 Å². The number of piperazine rings is 1. The lowest BCUT2D eigenvalue weighted by atomic mass is 10.2. The smallest absolute Gasteiger partial charge is 0.243 e. The third-order valence-electron chi connectivity index (χ3n) is 3.97. The summed E-state index contributed by atoms with van der Waals surface area (Å²) < 4.78 is 29.3. The van der Waals surface area contributed by atoms with Crippen molar-refractivity contribution < 1.29 is 8.42 Å². The highest BCUT2D eigenvalue weighted by Gasteiger charge is 2.32. The van der Waals surface area contributed by atoms with Gasteiger partial charge in [0.1, 0.15) is 0 Å². The lowest BCUT2D eigenvalue weighted by Gasteiger charge is -2.33. The molecule has 0 radical (unpaired) electrons. The van der Waals surface area contributed by atoms with Crippen molar-refractivity contribution in [1.29, 1.82) is 0 Å². The first-order valence-electron chi connectivity index (χ1n) is 7.33. The predicted octanol–water partition coefficient (Wildman–Crippen LogP) is 1.16. The number of rotatable bonds is 3. The lowest BCUT2D eigenvalue weighted by molar-refractivity contribution is 0.283. The van der Waals surface area contributed by atoms with Gasteiger partial charge in [-0.1, -0.05) is 6.07 Å². The summed E-state index contributed by atoms with van der Waals surface area (Å²) >= 11 is 0. The molecular formula is C15H20N4O2S. The minimum atomic E-state index is -3.50. The molecule has 1 atom stereocenters. The molecule has 0 aliphatic carbocycles. The molecular weight excluding hydrogens is 300 g/mol. The summed E-state index contributed by atoms with van der Waals surface area (Å²) in [5.41, 5.74) is 1.50. The summed E-state index contributed by atoms with van der Waals surface area (Å²) in [5.74, 6) is 0. The highest BCUT2D eigenvalue weighted by molar-refractivity contribution is 7.89. The Bertz CT molecular complexity index is 756. The molecule has 0 saturated carbocycles. The fourth-order valence-electron chi connectivity index (χ4n) is 2.74. The molecule has 0 bridgehead atoms. The molecule has 1 aromatic heterocycles. The molecule has 1 aliphatic heterocycles. The van der Waals surface area contributed by atoms with Crippen LogP contribution in [0.25, 0.3) is 5.69 Å². The van der Waals surface area contributed by atoms with E-state index >= 15 is 0 Å². The maximum atomic E-state index is 13.0. The van der Waals surface area contributed by atoms with Crippen molar-refractivity contribution in [2.45, 2.75) is 24.8 Å². The minimum absolute atomic E-state index is 0.0495. The zero-order chi connectivity index (χ0) is 15.7. The van der Waals surface area contributed by atoms with Crippen LogP contribution >= 0.6 is 0 Å². The normalized spacial score (nSPS) is 20.2. The van der Waals surface area contributed by atoms with Crippen molar-refractivity contribution in [2.75, 3.05) is 19.6 Å². The van der Waals surface area contributed by atoms with E-state index in [1.807, 2.05) is 32.0 Å². The Kier molecular flexibility index (Phi) is 4.03. The van der Waals surface area contributed by atoms with Crippen LogP contribution in [0.2, 0.25) is 0 Å². The second-order valence-electron chi connectivity index (χ2n) is 5.57. The van der Waals surface area contributed by atoms with Crippen LogP contribution in [-0.2, 0) is 10.0 Å². The lowest BCUT2D eigenvalue weighted by Crippen LogP contribution is -2.52. The van der Waals surface area contributed by atoms with E-state index in [2.05, 4.69) is 10.4 Å². The number of aromatic nitrogens is 2. The number of nitrogens with zero attached hydrogens (tertiary/aromatic N) is 3. The summed E-state index contributed by atoms with van der Waals surface area (Å²) in [5, 5.41) is 7.38. The Labute approximate surface area is 130 Å². The summed E-state index contributed by atoms with van der Waals surface area (Å²) in [6, 6.07) is 7.17. The van der Waals surface area contributed by atoms with Gasteiger partial charge in [-0.15, -0.1) is 0 Å². The van der Waals surface area contributed by atoms with Crippen LogP contribution in [0.1, 0.15) is 12.5 Å². The molecule has 2 heterocycles. The van der Waals surface area contributed by atoms with Gasteiger partial charge in [0.2, 0.25) is 10.0 Å². The summed E-state index contributed by atoms with van der Waals surface area (Å²) in [6.07, 6.45) is 3.47. The molecule has 1 N–H and O–H groups in total. The van der Waals surface area contributed by atoms with Gasteiger partial charge in [0.05, 0.1) is 10.6 Å². The van der Waals surface area contributed by atoms with Crippen LogP contribution in [0.15, 0.2) is 41.6 Å². The number of sulfonamides is 1.